The maximum Gasteiger partial charge on any atom is 0.450 e. The van der Waals surface area contributed by atoms with Gasteiger partial charge in [0.05, 0.1) is 12.5 Å². The maximum absolute atomic E-state index is 12.4. The molecule has 1 atom stereocenters. The van der Waals surface area contributed by atoms with Crippen molar-refractivity contribution >= 4 is 12.2 Å². The van der Waals surface area contributed by atoms with Gasteiger partial charge in [-0.1, -0.05) is 30.3 Å². The lowest BCUT2D eigenvalue weighted by atomic mass is 9.94. The van der Waals surface area contributed by atoms with Crippen LogP contribution in [0, 0.1) is 5.92 Å². The van der Waals surface area contributed by atoms with E-state index in [0.717, 1.165) is 0 Å². The third-order valence-electron chi connectivity index (χ3n) is 2.50. The highest BCUT2D eigenvalue weighted by Crippen LogP contribution is 2.23. The minimum atomic E-state index is -5.00. The normalized spacial score (nSPS) is 12.8. The molecule has 0 spiro atoms. The lowest BCUT2D eigenvalue weighted by Crippen LogP contribution is -2.38. The van der Waals surface area contributed by atoms with Gasteiger partial charge in [0.1, 0.15) is 0 Å². The van der Waals surface area contributed by atoms with E-state index in [-0.39, 0.29) is 17.9 Å². The number of ketones is 1. The quantitative estimate of drug-likeness (QED) is 0.489. The van der Waals surface area contributed by atoms with Gasteiger partial charge in [-0.15, -0.1) is 0 Å². The van der Waals surface area contributed by atoms with Crippen LogP contribution in [0.15, 0.2) is 30.3 Å². The summed E-state index contributed by atoms with van der Waals surface area (Å²) in [5.41, 5.74) is 0.518. The first kappa shape index (κ1) is 15.2. The van der Waals surface area contributed by atoms with Gasteiger partial charge in [0.2, 0.25) is 12.2 Å². The van der Waals surface area contributed by atoms with Crippen LogP contribution in [0.1, 0.15) is 5.56 Å². The first-order chi connectivity index (χ1) is 8.84. The Balaban J connectivity index is 2.86. The summed E-state index contributed by atoms with van der Waals surface area (Å²) < 4.78 is 37.3. The Morgan fingerprint density at radius 2 is 1.89 bits per heavy atom. The molecule has 0 fully saturated rings. The van der Waals surface area contributed by atoms with E-state index >= 15 is 0 Å². The van der Waals surface area contributed by atoms with E-state index in [0.29, 0.717) is 5.56 Å². The SMILES string of the molecule is O=CN(O)CC(Cc1ccccc1)C(=O)C(F)(F)F. The van der Waals surface area contributed by atoms with E-state index in [1.807, 2.05) is 0 Å². The second-order valence-electron chi connectivity index (χ2n) is 3.98. The summed E-state index contributed by atoms with van der Waals surface area (Å²) in [5, 5.41) is 9.01. The van der Waals surface area contributed by atoms with Crippen molar-refractivity contribution < 1.29 is 28.0 Å². The van der Waals surface area contributed by atoms with Crippen molar-refractivity contribution in [2.45, 2.75) is 12.6 Å². The van der Waals surface area contributed by atoms with Crippen LogP contribution in [-0.4, -0.2) is 35.2 Å². The standard InChI is InChI=1S/C12H12F3NO3/c13-12(14,15)11(18)10(7-16(19)8-17)6-9-4-2-1-3-5-9/h1-5,8,10,19H,6-7H2. The van der Waals surface area contributed by atoms with Gasteiger partial charge in [-0.25, -0.2) is 5.06 Å². The molecule has 19 heavy (non-hydrogen) atoms. The summed E-state index contributed by atoms with van der Waals surface area (Å²) in [6.45, 7) is -0.698. The Morgan fingerprint density at radius 3 is 2.37 bits per heavy atom. The smallest absolute Gasteiger partial charge is 0.289 e. The zero-order valence-electron chi connectivity index (χ0n) is 9.80. The number of hydrogen-bond acceptors (Lipinski definition) is 3. The monoisotopic (exact) mass is 275 g/mol. The fourth-order valence-corrected chi connectivity index (χ4v) is 1.64. The molecule has 0 radical (unpaired) electrons. The van der Waals surface area contributed by atoms with E-state index in [2.05, 4.69) is 0 Å². The number of benzene rings is 1. The Kier molecular flexibility index (Phi) is 5.05. The third-order valence-corrected chi connectivity index (χ3v) is 2.50. The van der Waals surface area contributed by atoms with Crippen LogP contribution in [0.5, 0.6) is 0 Å². The molecule has 104 valence electrons. The molecule has 0 aliphatic carbocycles. The summed E-state index contributed by atoms with van der Waals surface area (Å²) in [6, 6.07) is 8.08. The molecule has 1 aromatic rings. The van der Waals surface area contributed by atoms with E-state index < -0.39 is 24.4 Å². The van der Waals surface area contributed by atoms with Crippen LogP contribution in [0.25, 0.3) is 0 Å². The van der Waals surface area contributed by atoms with Crippen LogP contribution in [0.3, 0.4) is 0 Å². The molecular weight excluding hydrogens is 263 g/mol. The van der Waals surface area contributed by atoms with Gasteiger partial charge in [0.25, 0.3) is 0 Å². The van der Waals surface area contributed by atoms with Crippen molar-refractivity contribution in [3.05, 3.63) is 35.9 Å². The van der Waals surface area contributed by atoms with Gasteiger partial charge >= 0.3 is 6.18 Å². The van der Waals surface area contributed by atoms with Crippen molar-refractivity contribution in [2.75, 3.05) is 6.54 Å². The Labute approximate surface area is 107 Å². The molecule has 0 heterocycles. The van der Waals surface area contributed by atoms with Crippen molar-refractivity contribution in [1.82, 2.24) is 5.06 Å². The zero-order chi connectivity index (χ0) is 14.5. The lowest BCUT2D eigenvalue weighted by molar-refractivity contribution is -0.180. The molecule has 0 aliphatic heterocycles. The first-order valence-electron chi connectivity index (χ1n) is 5.40. The summed E-state index contributed by atoms with van der Waals surface area (Å²) in [4.78, 5) is 21.5. The number of nitrogens with zero attached hydrogens (tertiary/aromatic N) is 1. The largest absolute Gasteiger partial charge is 0.450 e. The highest BCUT2D eigenvalue weighted by molar-refractivity contribution is 5.86. The first-order valence-corrected chi connectivity index (χ1v) is 5.40. The van der Waals surface area contributed by atoms with E-state index in [4.69, 9.17) is 5.21 Å². The minimum absolute atomic E-state index is 0.0389. The summed E-state index contributed by atoms with van der Waals surface area (Å²) >= 11 is 0. The predicted molar refractivity (Wildman–Crippen MR) is 59.3 cm³/mol. The average molecular weight is 275 g/mol. The number of Topliss-reactive ketones (excluding diaryl/α,β-unsaturated/α-hetero) is 1. The molecule has 1 rings (SSSR count). The molecule has 4 nitrogen and oxygen atoms in total. The highest BCUT2D eigenvalue weighted by atomic mass is 19.4. The molecule has 0 saturated carbocycles. The van der Waals surface area contributed by atoms with Crippen LogP contribution < -0.4 is 0 Å². The fraction of sp³-hybridized carbons (Fsp3) is 0.333. The number of carbonyl (C=O) groups excluding carboxylic acids is 2. The van der Waals surface area contributed by atoms with E-state index in [9.17, 15) is 22.8 Å². The molecule has 7 heteroatoms. The zero-order valence-corrected chi connectivity index (χ0v) is 9.80. The summed E-state index contributed by atoms with van der Waals surface area (Å²) in [5.74, 6) is -3.49. The van der Waals surface area contributed by atoms with Crippen molar-refractivity contribution in [3.63, 3.8) is 0 Å². The van der Waals surface area contributed by atoms with Gasteiger partial charge in [-0.2, -0.15) is 13.2 Å². The maximum atomic E-state index is 12.4. The topological polar surface area (TPSA) is 57.6 Å². The molecule has 0 saturated heterocycles. The number of hydrogen-bond donors (Lipinski definition) is 1. The molecule has 0 aliphatic rings. The van der Waals surface area contributed by atoms with Gasteiger partial charge in [0, 0.05) is 0 Å². The van der Waals surface area contributed by atoms with E-state index in [1.165, 1.54) is 0 Å². The number of carbonyl (C=O) groups is 2. The molecule has 1 unspecified atom stereocenters. The van der Waals surface area contributed by atoms with Crippen LogP contribution in [0.4, 0.5) is 13.2 Å². The van der Waals surface area contributed by atoms with Crippen molar-refractivity contribution in [3.8, 4) is 0 Å². The number of amides is 1. The summed E-state index contributed by atoms with van der Waals surface area (Å²) in [6.07, 6.45) is -5.24. The van der Waals surface area contributed by atoms with Gasteiger partial charge in [-0.05, 0) is 12.0 Å². The lowest BCUT2D eigenvalue weighted by Gasteiger charge is -2.20. The number of hydroxylamine groups is 2. The molecule has 0 bridgehead atoms. The molecule has 1 N–H and O–H groups in total. The highest BCUT2D eigenvalue weighted by Gasteiger charge is 2.43. The van der Waals surface area contributed by atoms with Gasteiger partial charge in [0.15, 0.2) is 0 Å². The third kappa shape index (κ3) is 4.70. The molecule has 0 aromatic heterocycles. The molecule has 1 amide bonds. The Hall–Kier alpha value is -1.89. The van der Waals surface area contributed by atoms with Crippen LogP contribution in [-0.2, 0) is 16.0 Å². The van der Waals surface area contributed by atoms with E-state index in [1.54, 1.807) is 30.3 Å². The molecular formula is C12H12F3NO3. The van der Waals surface area contributed by atoms with Gasteiger partial charge < -0.3 is 0 Å². The average Bonchev–Trinajstić information content (AvgIpc) is 2.37. The number of halogens is 3. The summed E-state index contributed by atoms with van der Waals surface area (Å²) in [7, 11) is 0. The number of alkyl halides is 3. The second kappa shape index (κ2) is 6.33. The predicted octanol–water partition coefficient (Wildman–Crippen LogP) is 1.82. The molecule has 1 aromatic carbocycles. The van der Waals surface area contributed by atoms with Gasteiger partial charge in [-0.3, -0.25) is 14.8 Å². The Bertz CT molecular complexity index is 434. The number of rotatable bonds is 6. The fourth-order valence-electron chi connectivity index (χ4n) is 1.64. The Morgan fingerprint density at radius 1 is 1.32 bits per heavy atom. The van der Waals surface area contributed by atoms with Crippen LogP contribution in [0.2, 0.25) is 0 Å². The van der Waals surface area contributed by atoms with Crippen LogP contribution >= 0.6 is 0 Å². The van der Waals surface area contributed by atoms with Crippen molar-refractivity contribution in [1.29, 1.82) is 0 Å². The van der Waals surface area contributed by atoms with Crippen molar-refractivity contribution in [2.24, 2.45) is 5.92 Å². The second-order valence-corrected chi connectivity index (χ2v) is 3.98. The minimum Gasteiger partial charge on any atom is -0.289 e.